The van der Waals surface area contributed by atoms with Crippen molar-refractivity contribution in [3.05, 3.63) is 0 Å². The number of carboxylic acid groups (broad SMARTS) is 1. The normalized spacial score (nSPS) is 18.1. The summed E-state index contributed by atoms with van der Waals surface area (Å²) in [5.41, 5.74) is -0.0504. The smallest absolute Gasteiger partial charge is 0.317 e. The van der Waals surface area contributed by atoms with Gasteiger partial charge in [0.15, 0.2) is 0 Å². The molecule has 17 heavy (non-hydrogen) atoms. The number of carbonyl (C=O) groups is 2. The molecule has 0 bridgehead atoms. The number of unbranched alkanes of at least 4 members (excludes halogenated alkanes) is 1. The van der Waals surface area contributed by atoms with Crippen LogP contribution in [0.1, 0.15) is 46.0 Å². The van der Waals surface area contributed by atoms with Crippen LogP contribution in [0.2, 0.25) is 0 Å². The number of urea groups is 1. The highest BCUT2D eigenvalue weighted by Crippen LogP contribution is 2.27. The third kappa shape index (κ3) is 4.24. The number of carbonyl (C=O) groups excluding carboxylic acids is 1. The standard InChI is InChI=1S/C12H22N2O3/c1-12(2)7-5-9-14(12)11(17)13-8-4-3-6-10(15)16/h3-9H2,1-2H3,(H,13,17)(H,15,16). The number of hydrogen-bond acceptors (Lipinski definition) is 2. The van der Waals surface area contributed by atoms with Gasteiger partial charge in [0.1, 0.15) is 0 Å². The van der Waals surface area contributed by atoms with E-state index in [9.17, 15) is 9.59 Å². The van der Waals surface area contributed by atoms with E-state index in [0.717, 1.165) is 19.4 Å². The van der Waals surface area contributed by atoms with Crippen LogP contribution in [0.3, 0.4) is 0 Å². The first kappa shape index (κ1) is 13.8. The summed E-state index contributed by atoms with van der Waals surface area (Å²) in [6, 6.07) is -0.0252. The minimum Gasteiger partial charge on any atom is -0.481 e. The lowest BCUT2D eigenvalue weighted by atomic mass is 10.0. The molecule has 2 amide bonds. The number of nitrogens with one attached hydrogen (secondary N) is 1. The predicted molar refractivity (Wildman–Crippen MR) is 64.9 cm³/mol. The van der Waals surface area contributed by atoms with Gasteiger partial charge < -0.3 is 15.3 Å². The van der Waals surface area contributed by atoms with E-state index in [1.165, 1.54) is 0 Å². The molecule has 0 aliphatic carbocycles. The molecule has 0 aromatic rings. The molecule has 5 nitrogen and oxygen atoms in total. The zero-order valence-electron chi connectivity index (χ0n) is 10.7. The van der Waals surface area contributed by atoms with Crippen molar-refractivity contribution in [2.45, 2.75) is 51.5 Å². The average molecular weight is 242 g/mol. The van der Waals surface area contributed by atoms with Crippen molar-refractivity contribution in [2.24, 2.45) is 0 Å². The van der Waals surface area contributed by atoms with Crippen LogP contribution in [0.15, 0.2) is 0 Å². The molecule has 1 heterocycles. The van der Waals surface area contributed by atoms with Gasteiger partial charge in [-0.05, 0) is 39.5 Å². The first-order valence-electron chi connectivity index (χ1n) is 6.21. The maximum absolute atomic E-state index is 11.9. The van der Waals surface area contributed by atoms with Crippen molar-refractivity contribution in [3.8, 4) is 0 Å². The molecule has 5 heteroatoms. The average Bonchev–Trinajstić information content (AvgIpc) is 2.57. The molecule has 2 N–H and O–H groups in total. The van der Waals surface area contributed by atoms with Crippen molar-refractivity contribution in [1.29, 1.82) is 0 Å². The van der Waals surface area contributed by atoms with Gasteiger partial charge in [-0.2, -0.15) is 0 Å². The fourth-order valence-corrected chi connectivity index (χ4v) is 2.18. The van der Waals surface area contributed by atoms with E-state index >= 15 is 0 Å². The Balaban J connectivity index is 2.19. The van der Waals surface area contributed by atoms with Crippen LogP contribution < -0.4 is 5.32 Å². The van der Waals surface area contributed by atoms with Gasteiger partial charge in [-0.25, -0.2) is 4.79 Å². The second-order valence-electron chi connectivity index (χ2n) is 5.15. The van der Waals surface area contributed by atoms with Crippen molar-refractivity contribution in [1.82, 2.24) is 10.2 Å². The number of rotatable bonds is 5. The molecule has 0 spiro atoms. The summed E-state index contributed by atoms with van der Waals surface area (Å²) < 4.78 is 0. The lowest BCUT2D eigenvalue weighted by molar-refractivity contribution is -0.137. The van der Waals surface area contributed by atoms with E-state index in [2.05, 4.69) is 19.2 Å². The molecule has 0 aromatic carbocycles. The summed E-state index contributed by atoms with van der Waals surface area (Å²) in [7, 11) is 0. The Morgan fingerprint density at radius 1 is 1.35 bits per heavy atom. The van der Waals surface area contributed by atoms with E-state index in [1.807, 2.05) is 4.90 Å². The minimum atomic E-state index is -0.781. The van der Waals surface area contributed by atoms with Gasteiger partial charge >= 0.3 is 12.0 Å². The fraction of sp³-hybridized carbons (Fsp3) is 0.833. The second-order valence-corrected chi connectivity index (χ2v) is 5.15. The van der Waals surface area contributed by atoms with Gasteiger partial charge in [0.05, 0.1) is 0 Å². The summed E-state index contributed by atoms with van der Waals surface area (Å²) in [5.74, 6) is -0.781. The number of hydrogen-bond donors (Lipinski definition) is 2. The van der Waals surface area contributed by atoms with Crippen LogP contribution >= 0.6 is 0 Å². The Morgan fingerprint density at radius 3 is 2.59 bits per heavy atom. The van der Waals surface area contributed by atoms with Crippen LogP contribution in [0.4, 0.5) is 4.79 Å². The van der Waals surface area contributed by atoms with Crippen LogP contribution in [-0.2, 0) is 4.79 Å². The number of amides is 2. The molecule has 0 saturated carbocycles. The zero-order valence-corrected chi connectivity index (χ0v) is 10.7. The SMILES string of the molecule is CC1(C)CCCN1C(=O)NCCCCC(=O)O. The molecular weight excluding hydrogens is 220 g/mol. The maximum Gasteiger partial charge on any atom is 0.317 e. The Bertz CT molecular complexity index is 289. The highest BCUT2D eigenvalue weighted by molar-refractivity contribution is 5.75. The van der Waals surface area contributed by atoms with E-state index < -0.39 is 5.97 Å². The molecule has 0 aromatic heterocycles. The molecule has 1 aliphatic heterocycles. The fourth-order valence-electron chi connectivity index (χ4n) is 2.18. The topological polar surface area (TPSA) is 69.6 Å². The summed E-state index contributed by atoms with van der Waals surface area (Å²) in [6.07, 6.45) is 3.59. The summed E-state index contributed by atoms with van der Waals surface area (Å²) in [6.45, 7) is 5.51. The van der Waals surface area contributed by atoms with E-state index in [1.54, 1.807) is 0 Å². The van der Waals surface area contributed by atoms with Crippen molar-refractivity contribution in [3.63, 3.8) is 0 Å². The van der Waals surface area contributed by atoms with E-state index in [4.69, 9.17) is 5.11 Å². The lowest BCUT2D eigenvalue weighted by Crippen LogP contribution is -2.48. The monoisotopic (exact) mass is 242 g/mol. The molecule has 0 unspecified atom stereocenters. The molecular formula is C12H22N2O3. The molecule has 1 rings (SSSR count). The summed E-state index contributed by atoms with van der Waals surface area (Å²) in [5, 5.41) is 11.3. The molecule has 0 atom stereocenters. The van der Waals surface area contributed by atoms with E-state index in [0.29, 0.717) is 19.4 Å². The van der Waals surface area contributed by atoms with Crippen molar-refractivity contribution >= 4 is 12.0 Å². The highest BCUT2D eigenvalue weighted by Gasteiger charge is 2.34. The second kappa shape index (κ2) is 5.89. The number of aliphatic carboxylic acids is 1. The van der Waals surface area contributed by atoms with Gasteiger partial charge in [0.2, 0.25) is 0 Å². The lowest BCUT2D eigenvalue weighted by Gasteiger charge is -2.31. The van der Waals surface area contributed by atoms with Crippen molar-refractivity contribution < 1.29 is 14.7 Å². The highest BCUT2D eigenvalue weighted by atomic mass is 16.4. The minimum absolute atomic E-state index is 0.0252. The van der Waals surface area contributed by atoms with Crippen LogP contribution in [0, 0.1) is 0 Å². The maximum atomic E-state index is 11.9. The Labute approximate surface area is 102 Å². The third-order valence-electron chi connectivity index (χ3n) is 3.24. The summed E-state index contributed by atoms with van der Waals surface area (Å²) >= 11 is 0. The molecule has 1 saturated heterocycles. The van der Waals surface area contributed by atoms with Gasteiger partial charge in [-0.15, -0.1) is 0 Å². The number of carboxylic acids is 1. The van der Waals surface area contributed by atoms with Crippen molar-refractivity contribution in [2.75, 3.05) is 13.1 Å². The number of likely N-dealkylation sites (tertiary alicyclic amines) is 1. The molecule has 1 aliphatic rings. The van der Waals surface area contributed by atoms with Gasteiger partial charge in [0.25, 0.3) is 0 Å². The first-order valence-corrected chi connectivity index (χ1v) is 6.21. The van der Waals surface area contributed by atoms with Crippen LogP contribution in [0.5, 0.6) is 0 Å². The molecule has 1 fully saturated rings. The van der Waals surface area contributed by atoms with Gasteiger partial charge in [0, 0.05) is 25.0 Å². The predicted octanol–water partition coefficient (Wildman–Crippen LogP) is 1.83. The molecule has 98 valence electrons. The van der Waals surface area contributed by atoms with Gasteiger partial charge in [-0.1, -0.05) is 0 Å². The third-order valence-corrected chi connectivity index (χ3v) is 3.24. The number of nitrogens with zero attached hydrogens (tertiary/aromatic N) is 1. The van der Waals surface area contributed by atoms with Gasteiger partial charge in [-0.3, -0.25) is 4.79 Å². The Morgan fingerprint density at radius 2 is 2.06 bits per heavy atom. The Hall–Kier alpha value is -1.26. The summed E-state index contributed by atoms with van der Waals surface area (Å²) in [4.78, 5) is 24.0. The first-order chi connectivity index (χ1) is 7.93. The largest absolute Gasteiger partial charge is 0.481 e. The quantitative estimate of drug-likeness (QED) is 0.722. The Kier molecular flexibility index (Phi) is 4.78. The molecule has 0 radical (unpaired) electrons. The van der Waals surface area contributed by atoms with E-state index in [-0.39, 0.29) is 18.0 Å². The van der Waals surface area contributed by atoms with Crippen LogP contribution in [-0.4, -0.2) is 40.6 Å². The van der Waals surface area contributed by atoms with Crippen LogP contribution in [0.25, 0.3) is 0 Å². The zero-order chi connectivity index (χ0) is 12.9.